The lowest BCUT2D eigenvalue weighted by molar-refractivity contribution is -0.142. The number of aromatic amines is 1. The van der Waals surface area contributed by atoms with Crippen molar-refractivity contribution in [2.24, 2.45) is 0 Å². The maximum Gasteiger partial charge on any atom is 0.433 e. The third-order valence-electron chi connectivity index (χ3n) is 5.34. The number of H-pyrrole nitrogens is 1. The molecule has 1 saturated heterocycles. The number of fused-ring (bicyclic) bond motifs is 1. The fourth-order valence-corrected chi connectivity index (χ4v) is 3.75. The molecule has 3 aromatic heterocycles. The van der Waals surface area contributed by atoms with E-state index in [1.54, 1.807) is 17.0 Å². The van der Waals surface area contributed by atoms with E-state index in [1.807, 2.05) is 20.8 Å². The molecule has 1 amide bonds. The lowest BCUT2D eigenvalue weighted by Crippen LogP contribution is -2.39. The first-order chi connectivity index (χ1) is 14.1. The highest BCUT2D eigenvalue weighted by Gasteiger charge is 2.38. The number of nitrogens with one attached hydrogen (secondary N) is 1. The molecule has 1 aliphatic rings. The Kier molecular flexibility index (Phi) is 4.82. The molecule has 1 atom stereocenters. The van der Waals surface area contributed by atoms with Gasteiger partial charge in [0.05, 0.1) is 17.4 Å². The first kappa shape index (κ1) is 20.4. The van der Waals surface area contributed by atoms with E-state index in [9.17, 15) is 18.0 Å². The molecular weight excluding hydrogens is 397 g/mol. The monoisotopic (exact) mass is 420 g/mol. The Balaban J connectivity index is 1.81. The van der Waals surface area contributed by atoms with Gasteiger partial charge in [0.2, 0.25) is 0 Å². The molecule has 160 valence electrons. The number of carbonyl (C=O) groups is 1. The zero-order chi connectivity index (χ0) is 21.7. The molecule has 1 N–H and O–H groups in total. The molecule has 1 aliphatic heterocycles. The van der Waals surface area contributed by atoms with Crippen molar-refractivity contribution in [3.8, 4) is 0 Å². The molecule has 0 radical (unpaired) electrons. The van der Waals surface area contributed by atoms with Crippen LogP contribution in [0.5, 0.6) is 0 Å². The Morgan fingerprint density at radius 2 is 1.97 bits per heavy atom. The van der Waals surface area contributed by atoms with Crippen LogP contribution < -0.4 is 0 Å². The highest BCUT2D eigenvalue weighted by molar-refractivity contribution is 5.92. The Morgan fingerprint density at radius 1 is 1.20 bits per heavy atom. The van der Waals surface area contributed by atoms with Crippen LogP contribution in [0.2, 0.25) is 0 Å². The molecule has 0 aliphatic carbocycles. The lowest BCUT2D eigenvalue weighted by Gasteiger charge is -2.34. The summed E-state index contributed by atoms with van der Waals surface area (Å²) in [6.45, 7) is 5.95. The highest BCUT2D eigenvalue weighted by atomic mass is 19.4. The second-order valence-corrected chi connectivity index (χ2v) is 8.59. The molecule has 4 heterocycles. The summed E-state index contributed by atoms with van der Waals surface area (Å²) in [6, 6.07) is 3.78. The molecule has 4 rings (SSSR count). The van der Waals surface area contributed by atoms with Crippen molar-refractivity contribution in [3.63, 3.8) is 0 Å². The molecule has 1 fully saturated rings. The van der Waals surface area contributed by atoms with E-state index in [0.717, 1.165) is 23.4 Å². The van der Waals surface area contributed by atoms with Crippen LogP contribution >= 0.6 is 0 Å². The van der Waals surface area contributed by atoms with Gasteiger partial charge in [0.15, 0.2) is 5.65 Å². The SMILES string of the molecule is CC(C)(C)c1cc(C(F)(F)F)n2nc(C3CCCCN3C(=O)c3ccn[nH]3)cc2n1. The van der Waals surface area contributed by atoms with Gasteiger partial charge >= 0.3 is 6.18 Å². The Bertz CT molecular complexity index is 1060. The normalized spacial score (nSPS) is 18.2. The van der Waals surface area contributed by atoms with E-state index in [4.69, 9.17) is 0 Å². The summed E-state index contributed by atoms with van der Waals surface area (Å²) in [6.07, 6.45) is -0.785. The largest absolute Gasteiger partial charge is 0.433 e. The maximum absolute atomic E-state index is 13.8. The van der Waals surface area contributed by atoms with E-state index in [1.165, 1.54) is 6.20 Å². The van der Waals surface area contributed by atoms with Gasteiger partial charge < -0.3 is 4.90 Å². The van der Waals surface area contributed by atoms with Crippen molar-refractivity contribution in [3.05, 3.63) is 47.2 Å². The number of rotatable bonds is 2. The van der Waals surface area contributed by atoms with E-state index < -0.39 is 23.3 Å². The fourth-order valence-electron chi connectivity index (χ4n) is 3.75. The molecule has 0 bridgehead atoms. The van der Waals surface area contributed by atoms with Crippen molar-refractivity contribution in [2.75, 3.05) is 6.54 Å². The van der Waals surface area contributed by atoms with Crippen LogP contribution in [-0.2, 0) is 11.6 Å². The van der Waals surface area contributed by atoms with Gasteiger partial charge in [-0.3, -0.25) is 9.89 Å². The highest BCUT2D eigenvalue weighted by Crippen LogP contribution is 2.35. The molecule has 10 heteroatoms. The number of alkyl halides is 3. The minimum atomic E-state index is -4.58. The smallest absolute Gasteiger partial charge is 0.329 e. The van der Waals surface area contributed by atoms with Crippen molar-refractivity contribution in [2.45, 2.75) is 57.7 Å². The van der Waals surface area contributed by atoms with Crippen molar-refractivity contribution < 1.29 is 18.0 Å². The fraction of sp³-hybridized carbons (Fsp3) is 0.500. The van der Waals surface area contributed by atoms with E-state index in [0.29, 0.717) is 30.0 Å². The van der Waals surface area contributed by atoms with Crippen LogP contribution in [0.1, 0.15) is 73.6 Å². The number of amides is 1. The molecule has 0 aromatic carbocycles. The number of halogens is 3. The zero-order valence-corrected chi connectivity index (χ0v) is 17.0. The van der Waals surface area contributed by atoms with Gasteiger partial charge in [-0.25, -0.2) is 9.50 Å². The molecular formula is C20H23F3N6O. The van der Waals surface area contributed by atoms with Crippen LogP contribution in [0, 0.1) is 0 Å². The minimum absolute atomic E-state index is 0.129. The van der Waals surface area contributed by atoms with Crippen LogP contribution in [0.15, 0.2) is 24.4 Å². The van der Waals surface area contributed by atoms with Crippen LogP contribution in [0.4, 0.5) is 13.2 Å². The van der Waals surface area contributed by atoms with Crippen LogP contribution in [-0.4, -0.2) is 42.1 Å². The van der Waals surface area contributed by atoms with Gasteiger partial charge in [0, 0.05) is 24.2 Å². The quantitative estimate of drug-likeness (QED) is 0.676. The van der Waals surface area contributed by atoms with Gasteiger partial charge in [-0.2, -0.15) is 23.4 Å². The summed E-state index contributed by atoms with van der Waals surface area (Å²) in [5.74, 6) is -0.242. The van der Waals surface area contributed by atoms with E-state index >= 15 is 0 Å². The lowest BCUT2D eigenvalue weighted by atomic mass is 9.91. The summed E-state index contributed by atoms with van der Waals surface area (Å²) in [5, 5.41) is 10.7. The molecule has 7 nitrogen and oxygen atoms in total. The third-order valence-corrected chi connectivity index (χ3v) is 5.34. The average Bonchev–Trinajstić information content (AvgIpc) is 3.34. The number of piperidine rings is 1. The van der Waals surface area contributed by atoms with Crippen molar-refractivity contribution in [1.29, 1.82) is 0 Å². The van der Waals surface area contributed by atoms with Crippen molar-refractivity contribution >= 4 is 11.6 Å². The second kappa shape index (κ2) is 7.10. The summed E-state index contributed by atoms with van der Waals surface area (Å²) in [4.78, 5) is 19.0. The van der Waals surface area contributed by atoms with Crippen LogP contribution in [0.25, 0.3) is 5.65 Å². The maximum atomic E-state index is 13.8. The number of aromatic nitrogens is 5. The summed E-state index contributed by atoms with van der Waals surface area (Å²) < 4.78 is 42.1. The summed E-state index contributed by atoms with van der Waals surface area (Å²) in [5.41, 5.74) is -0.209. The van der Waals surface area contributed by atoms with Gasteiger partial charge in [-0.05, 0) is 31.4 Å². The third kappa shape index (κ3) is 3.66. The number of likely N-dealkylation sites (tertiary alicyclic amines) is 1. The Hall–Kier alpha value is -2.91. The standard InChI is InChI=1S/C20H23F3N6O/c1-19(2,3)15-11-16(20(21,22)23)29-17(25-15)10-13(27-29)14-6-4-5-9-28(14)18(30)12-7-8-24-26-12/h7-8,10-11,14H,4-6,9H2,1-3H3,(H,24,26). The van der Waals surface area contributed by atoms with Gasteiger partial charge in [-0.1, -0.05) is 20.8 Å². The first-order valence-corrected chi connectivity index (χ1v) is 9.84. The van der Waals surface area contributed by atoms with Crippen LogP contribution in [0.3, 0.4) is 0 Å². The topological polar surface area (TPSA) is 79.2 Å². The molecule has 1 unspecified atom stereocenters. The zero-order valence-electron chi connectivity index (χ0n) is 17.0. The Morgan fingerprint density at radius 3 is 2.60 bits per heavy atom. The van der Waals surface area contributed by atoms with Gasteiger partial charge in [0.1, 0.15) is 11.4 Å². The molecule has 0 spiro atoms. The van der Waals surface area contributed by atoms with Gasteiger partial charge in [-0.15, -0.1) is 0 Å². The predicted octanol–water partition coefficient (Wildman–Crippen LogP) is 4.14. The van der Waals surface area contributed by atoms with Gasteiger partial charge in [0.25, 0.3) is 5.91 Å². The van der Waals surface area contributed by atoms with Crippen molar-refractivity contribution in [1.82, 2.24) is 29.7 Å². The summed E-state index contributed by atoms with van der Waals surface area (Å²) >= 11 is 0. The summed E-state index contributed by atoms with van der Waals surface area (Å²) in [7, 11) is 0. The number of hydrogen-bond acceptors (Lipinski definition) is 4. The van der Waals surface area contributed by atoms with E-state index in [2.05, 4.69) is 20.3 Å². The number of hydrogen-bond donors (Lipinski definition) is 1. The second-order valence-electron chi connectivity index (χ2n) is 8.59. The molecule has 3 aromatic rings. The average molecular weight is 420 g/mol. The molecule has 0 saturated carbocycles. The first-order valence-electron chi connectivity index (χ1n) is 9.84. The number of nitrogens with zero attached hydrogens (tertiary/aromatic N) is 5. The predicted molar refractivity (Wildman–Crippen MR) is 103 cm³/mol. The number of carbonyl (C=O) groups excluding carboxylic acids is 1. The van der Waals surface area contributed by atoms with E-state index in [-0.39, 0.29) is 11.6 Å². The molecule has 30 heavy (non-hydrogen) atoms. The minimum Gasteiger partial charge on any atom is -0.329 e. The Labute approximate surface area is 171 Å².